The predicted molar refractivity (Wildman–Crippen MR) is 92.8 cm³/mol. The second kappa shape index (κ2) is 5.02. The molecule has 1 aliphatic carbocycles. The third-order valence-electron chi connectivity index (χ3n) is 4.43. The van der Waals surface area contributed by atoms with E-state index in [1.807, 2.05) is 18.2 Å². The lowest BCUT2D eigenvalue weighted by Gasteiger charge is -2.21. The minimum Gasteiger partial charge on any atom is -0.198 e. The number of halogens is 2. The van der Waals surface area contributed by atoms with Crippen LogP contribution in [0.15, 0.2) is 42.5 Å². The summed E-state index contributed by atoms with van der Waals surface area (Å²) in [5.74, 6) is 0.499. The first-order valence-corrected chi connectivity index (χ1v) is 8.05. The van der Waals surface area contributed by atoms with Gasteiger partial charge in [0.15, 0.2) is 5.82 Å². The summed E-state index contributed by atoms with van der Waals surface area (Å²) in [6, 6.07) is 14.6. The smallest absolute Gasteiger partial charge is 0.198 e. The molecule has 0 N–H and O–H groups in total. The molecular weight excluding hydrogens is 329 g/mol. The van der Waals surface area contributed by atoms with Crippen LogP contribution in [0.25, 0.3) is 22.5 Å². The lowest BCUT2D eigenvalue weighted by molar-refractivity contribution is 0.660. The molecule has 0 saturated carbocycles. The van der Waals surface area contributed by atoms with Gasteiger partial charge in [0.1, 0.15) is 0 Å². The highest BCUT2D eigenvalue weighted by atomic mass is 35.5. The third-order valence-corrected chi connectivity index (χ3v) is 4.77. The number of hydrogen-bond donors (Lipinski definition) is 0. The molecule has 0 unspecified atom stereocenters. The van der Waals surface area contributed by atoms with Crippen molar-refractivity contribution < 1.29 is 0 Å². The summed E-state index contributed by atoms with van der Waals surface area (Å²) in [7, 11) is 0. The molecule has 0 atom stereocenters. The minimum absolute atomic E-state index is 0.0669. The van der Waals surface area contributed by atoms with E-state index in [9.17, 15) is 0 Å². The molecule has 0 amide bonds. The van der Waals surface area contributed by atoms with E-state index < -0.39 is 0 Å². The summed E-state index contributed by atoms with van der Waals surface area (Å²) in [5, 5.41) is 0.200. The Morgan fingerprint density at radius 1 is 0.739 bits per heavy atom. The molecule has 0 radical (unpaired) electrons. The van der Waals surface area contributed by atoms with Crippen molar-refractivity contribution in [2.75, 3.05) is 0 Å². The van der Waals surface area contributed by atoms with Crippen LogP contribution >= 0.6 is 23.2 Å². The van der Waals surface area contributed by atoms with Crippen molar-refractivity contribution >= 4 is 23.2 Å². The Hall–Kier alpha value is -1.97. The SMILES string of the molecule is CC1(C)c2ccccc2-c2c(-c3nc(Cl)nc(Cl)n3)cccc21. The van der Waals surface area contributed by atoms with Crippen molar-refractivity contribution in [2.45, 2.75) is 19.3 Å². The number of benzene rings is 2. The minimum atomic E-state index is -0.0669. The summed E-state index contributed by atoms with van der Waals surface area (Å²) >= 11 is 11.9. The fourth-order valence-electron chi connectivity index (χ4n) is 3.39. The Bertz CT molecular complexity index is 915. The Morgan fingerprint density at radius 3 is 2.09 bits per heavy atom. The van der Waals surface area contributed by atoms with E-state index in [1.165, 1.54) is 16.7 Å². The van der Waals surface area contributed by atoms with E-state index in [0.29, 0.717) is 5.82 Å². The molecule has 5 heteroatoms. The molecule has 4 rings (SSSR count). The van der Waals surface area contributed by atoms with Crippen molar-refractivity contribution in [3.05, 3.63) is 64.2 Å². The first-order valence-electron chi connectivity index (χ1n) is 7.29. The Labute approximate surface area is 144 Å². The summed E-state index contributed by atoms with van der Waals surface area (Å²) < 4.78 is 0. The molecule has 1 heterocycles. The van der Waals surface area contributed by atoms with Crippen molar-refractivity contribution in [3.8, 4) is 22.5 Å². The fraction of sp³-hybridized carbons (Fsp3) is 0.167. The molecule has 0 aliphatic heterocycles. The van der Waals surface area contributed by atoms with Gasteiger partial charge >= 0.3 is 0 Å². The van der Waals surface area contributed by atoms with Crippen LogP contribution in [-0.4, -0.2) is 15.0 Å². The maximum atomic E-state index is 5.96. The lowest BCUT2D eigenvalue weighted by atomic mass is 9.82. The number of nitrogens with zero attached hydrogens (tertiary/aromatic N) is 3. The molecule has 3 nitrogen and oxygen atoms in total. The maximum absolute atomic E-state index is 5.96. The number of hydrogen-bond acceptors (Lipinski definition) is 3. The average Bonchev–Trinajstić information content (AvgIpc) is 2.75. The van der Waals surface area contributed by atoms with Crippen molar-refractivity contribution in [3.63, 3.8) is 0 Å². The summed E-state index contributed by atoms with van der Waals surface area (Å²) in [6.07, 6.45) is 0. The highest BCUT2D eigenvalue weighted by Crippen LogP contribution is 2.51. The topological polar surface area (TPSA) is 38.7 Å². The molecule has 114 valence electrons. The van der Waals surface area contributed by atoms with Gasteiger partial charge in [0, 0.05) is 11.0 Å². The van der Waals surface area contributed by atoms with E-state index in [2.05, 4.69) is 53.1 Å². The van der Waals surface area contributed by atoms with Gasteiger partial charge in [-0.3, -0.25) is 0 Å². The summed E-state index contributed by atoms with van der Waals surface area (Å²) in [6.45, 7) is 4.46. The molecule has 23 heavy (non-hydrogen) atoms. The van der Waals surface area contributed by atoms with Crippen molar-refractivity contribution in [1.82, 2.24) is 15.0 Å². The highest BCUT2D eigenvalue weighted by Gasteiger charge is 2.36. The van der Waals surface area contributed by atoms with Gasteiger partial charge in [0.25, 0.3) is 0 Å². The molecule has 0 spiro atoms. The highest BCUT2D eigenvalue weighted by molar-refractivity contribution is 6.31. The zero-order valence-corrected chi connectivity index (χ0v) is 14.2. The predicted octanol–water partition coefficient (Wildman–Crippen LogP) is 5.15. The van der Waals surface area contributed by atoms with Gasteiger partial charge in [-0.05, 0) is 45.5 Å². The molecule has 1 aromatic heterocycles. The average molecular weight is 342 g/mol. The van der Waals surface area contributed by atoms with Gasteiger partial charge in [0.2, 0.25) is 10.6 Å². The zero-order valence-electron chi connectivity index (χ0n) is 12.6. The summed E-state index contributed by atoms with van der Waals surface area (Å²) in [4.78, 5) is 12.4. The largest absolute Gasteiger partial charge is 0.227 e. The van der Waals surface area contributed by atoms with Crippen LogP contribution in [0.5, 0.6) is 0 Å². The number of rotatable bonds is 1. The number of aromatic nitrogens is 3. The Balaban J connectivity index is 2.06. The molecular formula is C18H13Cl2N3. The Kier molecular flexibility index (Phi) is 3.19. The monoisotopic (exact) mass is 341 g/mol. The normalized spacial score (nSPS) is 14.4. The van der Waals surface area contributed by atoms with Gasteiger partial charge in [-0.15, -0.1) is 0 Å². The summed E-state index contributed by atoms with van der Waals surface area (Å²) in [5.41, 5.74) is 5.76. The van der Waals surface area contributed by atoms with E-state index in [0.717, 1.165) is 11.1 Å². The van der Waals surface area contributed by atoms with Crippen LogP contribution in [0.3, 0.4) is 0 Å². The third kappa shape index (κ3) is 2.15. The van der Waals surface area contributed by atoms with Gasteiger partial charge < -0.3 is 0 Å². The molecule has 0 fully saturated rings. The van der Waals surface area contributed by atoms with E-state index >= 15 is 0 Å². The molecule has 2 aromatic carbocycles. The fourth-order valence-corrected chi connectivity index (χ4v) is 3.75. The molecule has 0 bridgehead atoms. The molecule has 0 saturated heterocycles. The van der Waals surface area contributed by atoms with Crippen LogP contribution in [0, 0.1) is 0 Å². The van der Waals surface area contributed by atoms with E-state index in [-0.39, 0.29) is 16.0 Å². The second-order valence-electron chi connectivity index (χ2n) is 6.10. The van der Waals surface area contributed by atoms with Crippen LogP contribution < -0.4 is 0 Å². The van der Waals surface area contributed by atoms with Crippen LogP contribution in [0.1, 0.15) is 25.0 Å². The molecule has 1 aliphatic rings. The quantitative estimate of drug-likeness (QED) is 0.614. The standard InChI is InChI=1S/C18H13Cl2N3/c1-18(2)12-8-4-3-6-10(12)14-11(7-5-9-13(14)18)15-21-16(19)23-17(20)22-15/h3-9H,1-2H3. The second-order valence-corrected chi connectivity index (χ2v) is 6.77. The zero-order chi connectivity index (χ0) is 16.2. The van der Waals surface area contributed by atoms with Crippen LogP contribution in [-0.2, 0) is 5.41 Å². The van der Waals surface area contributed by atoms with Crippen molar-refractivity contribution in [2.24, 2.45) is 0 Å². The molecule has 3 aromatic rings. The van der Waals surface area contributed by atoms with Gasteiger partial charge in [-0.2, -0.15) is 15.0 Å². The van der Waals surface area contributed by atoms with Gasteiger partial charge in [0.05, 0.1) is 0 Å². The van der Waals surface area contributed by atoms with E-state index in [4.69, 9.17) is 23.2 Å². The van der Waals surface area contributed by atoms with Crippen LogP contribution in [0.2, 0.25) is 10.6 Å². The van der Waals surface area contributed by atoms with Gasteiger partial charge in [-0.1, -0.05) is 56.3 Å². The maximum Gasteiger partial charge on any atom is 0.227 e. The Morgan fingerprint density at radius 2 is 1.35 bits per heavy atom. The van der Waals surface area contributed by atoms with Crippen molar-refractivity contribution in [1.29, 1.82) is 0 Å². The first-order chi connectivity index (χ1) is 11.0. The van der Waals surface area contributed by atoms with Gasteiger partial charge in [-0.25, -0.2) is 0 Å². The first kappa shape index (κ1) is 14.6. The lowest BCUT2D eigenvalue weighted by Crippen LogP contribution is -2.14. The van der Waals surface area contributed by atoms with Crippen LogP contribution in [0.4, 0.5) is 0 Å². The van der Waals surface area contributed by atoms with E-state index in [1.54, 1.807) is 0 Å². The number of fused-ring (bicyclic) bond motifs is 3.